The van der Waals surface area contributed by atoms with E-state index in [1.807, 2.05) is 28.8 Å². The van der Waals surface area contributed by atoms with E-state index in [4.69, 9.17) is 9.26 Å². The van der Waals surface area contributed by atoms with E-state index in [2.05, 4.69) is 27.2 Å². The number of benzene rings is 1. The Morgan fingerprint density at radius 1 is 1.39 bits per heavy atom. The Balaban J connectivity index is 1.78. The van der Waals surface area contributed by atoms with Crippen LogP contribution in [0.3, 0.4) is 0 Å². The van der Waals surface area contributed by atoms with Crippen LogP contribution < -0.4 is 10.1 Å². The Kier molecular flexibility index (Phi) is 6.15. The number of nitrogens with one attached hydrogen (secondary N) is 1. The van der Waals surface area contributed by atoms with Crippen molar-refractivity contribution >= 4 is 23.5 Å². The molecular weight excluding hydrogens is 378 g/mol. The first-order chi connectivity index (χ1) is 13.5. The van der Waals surface area contributed by atoms with E-state index < -0.39 is 5.25 Å². The molecule has 1 aromatic carbocycles. The van der Waals surface area contributed by atoms with Gasteiger partial charge in [-0.2, -0.15) is 0 Å². The van der Waals surface area contributed by atoms with Gasteiger partial charge in [-0.05, 0) is 38.1 Å². The SMILES string of the molecule is C=CCn1c(S[C@@H](C)C(=O)Nc2cc(C)on2)nnc1-c1ccc(OC)cc1. The summed E-state index contributed by atoms with van der Waals surface area (Å²) in [5, 5.41) is 15.3. The molecule has 3 rings (SSSR count). The number of carbonyl (C=O) groups is 1. The molecule has 0 fully saturated rings. The van der Waals surface area contributed by atoms with Gasteiger partial charge in [0.25, 0.3) is 0 Å². The first-order valence-corrected chi connectivity index (χ1v) is 9.49. The quantitative estimate of drug-likeness (QED) is 0.457. The number of ether oxygens (including phenoxy) is 1. The molecule has 2 aromatic heterocycles. The monoisotopic (exact) mass is 399 g/mol. The second-order valence-corrected chi connectivity index (χ2v) is 7.31. The van der Waals surface area contributed by atoms with Crippen LogP contribution >= 0.6 is 11.8 Å². The van der Waals surface area contributed by atoms with Gasteiger partial charge in [-0.1, -0.05) is 23.0 Å². The molecule has 1 atom stereocenters. The van der Waals surface area contributed by atoms with Crippen molar-refractivity contribution in [2.24, 2.45) is 0 Å². The molecule has 2 heterocycles. The number of carbonyl (C=O) groups excluding carboxylic acids is 1. The molecule has 0 radical (unpaired) electrons. The number of hydrogen-bond acceptors (Lipinski definition) is 7. The van der Waals surface area contributed by atoms with Crippen molar-refractivity contribution < 1.29 is 14.1 Å². The van der Waals surface area contributed by atoms with Crippen molar-refractivity contribution in [1.82, 2.24) is 19.9 Å². The van der Waals surface area contributed by atoms with Crippen LogP contribution in [-0.2, 0) is 11.3 Å². The molecular formula is C19H21N5O3S. The molecule has 28 heavy (non-hydrogen) atoms. The fourth-order valence-corrected chi connectivity index (χ4v) is 3.35. The van der Waals surface area contributed by atoms with Gasteiger partial charge in [-0.3, -0.25) is 9.36 Å². The number of aryl methyl sites for hydroxylation is 1. The van der Waals surface area contributed by atoms with E-state index in [1.165, 1.54) is 11.8 Å². The molecule has 0 aliphatic rings. The van der Waals surface area contributed by atoms with Gasteiger partial charge in [0.15, 0.2) is 16.8 Å². The van der Waals surface area contributed by atoms with Crippen molar-refractivity contribution in [3.8, 4) is 17.1 Å². The smallest absolute Gasteiger partial charge is 0.238 e. The third-order valence-electron chi connectivity index (χ3n) is 3.91. The number of rotatable bonds is 8. The second kappa shape index (κ2) is 8.75. The lowest BCUT2D eigenvalue weighted by molar-refractivity contribution is -0.115. The average Bonchev–Trinajstić information content (AvgIpc) is 3.28. The highest BCUT2D eigenvalue weighted by Gasteiger charge is 2.21. The molecule has 0 aliphatic heterocycles. The van der Waals surface area contributed by atoms with Crippen molar-refractivity contribution in [2.75, 3.05) is 12.4 Å². The zero-order valence-corrected chi connectivity index (χ0v) is 16.7. The van der Waals surface area contributed by atoms with Gasteiger partial charge >= 0.3 is 0 Å². The minimum atomic E-state index is -0.409. The van der Waals surface area contributed by atoms with E-state index in [-0.39, 0.29) is 5.91 Å². The number of anilines is 1. The first kappa shape index (κ1) is 19.7. The van der Waals surface area contributed by atoms with Gasteiger partial charge in [-0.25, -0.2) is 0 Å². The van der Waals surface area contributed by atoms with Crippen LogP contribution in [0.5, 0.6) is 5.75 Å². The Hall–Kier alpha value is -3.07. The minimum absolute atomic E-state index is 0.197. The highest BCUT2D eigenvalue weighted by molar-refractivity contribution is 8.00. The number of nitrogens with zero attached hydrogens (tertiary/aromatic N) is 4. The summed E-state index contributed by atoms with van der Waals surface area (Å²) in [6.45, 7) is 7.89. The second-order valence-electron chi connectivity index (χ2n) is 6.01. The standard InChI is InChI=1S/C19H21N5O3S/c1-5-10-24-17(14-6-8-15(26-4)9-7-14)21-22-19(24)28-13(3)18(25)20-16-11-12(2)27-23-16/h5-9,11,13H,1,10H2,2-4H3,(H,20,23,25)/t13-/m0/s1. The zero-order chi connectivity index (χ0) is 20.1. The van der Waals surface area contributed by atoms with Gasteiger partial charge < -0.3 is 14.6 Å². The van der Waals surface area contributed by atoms with Crippen LogP contribution in [0.15, 0.2) is 52.7 Å². The summed E-state index contributed by atoms with van der Waals surface area (Å²) in [7, 11) is 1.62. The van der Waals surface area contributed by atoms with Crippen molar-refractivity contribution in [3.63, 3.8) is 0 Å². The normalized spacial score (nSPS) is 11.8. The number of aromatic nitrogens is 4. The topological polar surface area (TPSA) is 95.1 Å². The summed E-state index contributed by atoms with van der Waals surface area (Å²) in [6.07, 6.45) is 1.77. The average molecular weight is 399 g/mol. The van der Waals surface area contributed by atoms with E-state index in [0.29, 0.717) is 29.1 Å². The zero-order valence-electron chi connectivity index (χ0n) is 15.9. The number of hydrogen-bond donors (Lipinski definition) is 1. The van der Waals surface area contributed by atoms with Crippen molar-refractivity contribution in [2.45, 2.75) is 30.8 Å². The maximum absolute atomic E-state index is 12.4. The van der Waals surface area contributed by atoms with Crippen molar-refractivity contribution in [3.05, 3.63) is 48.7 Å². The molecule has 1 N–H and O–H groups in total. The first-order valence-electron chi connectivity index (χ1n) is 8.61. The highest BCUT2D eigenvalue weighted by atomic mass is 32.2. The summed E-state index contributed by atoms with van der Waals surface area (Å²) in [4.78, 5) is 12.4. The summed E-state index contributed by atoms with van der Waals surface area (Å²) >= 11 is 1.31. The Morgan fingerprint density at radius 2 is 2.14 bits per heavy atom. The molecule has 0 saturated heterocycles. The fraction of sp³-hybridized carbons (Fsp3) is 0.263. The van der Waals surface area contributed by atoms with Gasteiger partial charge in [-0.15, -0.1) is 16.8 Å². The van der Waals surface area contributed by atoms with Crippen LogP contribution in [0.1, 0.15) is 12.7 Å². The molecule has 0 unspecified atom stereocenters. The number of methoxy groups -OCH3 is 1. The van der Waals surface area contributed by atoms with E-state index in [9.17, 15) is 4.79 Å². The maximum Gasteiger partial charge on any atom is 0.238 e. The molecule has 0 saturated carbocycles. The molecule has 3 aromatic rings. The number of thioether (sulfide) groups is 1. The Labute approximate surface area is 167 Å². The van der Waals surface area contributed by atoms with Gasteiger partial charge in [0.1, 0.15) is 11.5 Å². The lowest BCUT2D eigenvalue weighted by Gasteiger charge is -2.12. The predicted molar refractivity (Wildman–Crippen MR) is 107 cm³/mol. The molecule has 0 aliphatic carbocycles. The van der Waals surface area contributed by atoms with Crippen molar-refractivity contribution in [1.29, 1.82) is 0 Å². The Morgan fingerprint density at radius 3 is 2.75 bits per heavy atom. The van der Waals surface area contributed by atoms with Gasteiger partial charge in [0.05, 0.1) is 12.4 Å². The lowest BCUT2D eigenvalue weighted by atomic mass is 10.2. The third kappa shape index (κ3) is 4.42. The summed E-state index contributed by atoms with van der Waals surface area (Å²) in [5.41, 5.74) is 0.900. The van der Waals surface area contributed by atoms with Gasteiger partial charge in [0.2, 0.25) is 5.91 Å². The van der Waals surface area contributed by atoms with Crippen LogP contribution in [0.25, 0.3) is 11.4 Å². The van der Waals surface area contributed by atoms with Crippen LogP contribution in [0, 0.1) is 6.92 Å². The molecule has 146 valence electrons. The Bertz CT molecular complexity index is 964. The molecule has 0 bridgehead atoms. The fourth-order valence-electron chi connectivity index (χ4n) is 2.49. The summed E-state index contributed by atoms with van der Waals surface area (Å²) in [6, 6.07) is 9.23. The molecule has 9 heteroatoms. The third-order valence-corrected chi connectivity index (χ3v) is 4.99. The molecule has 1 amide bonds. The summed E-state index contributed by atoms with van der Waals surface area (Å²) in [5.74, 6) is 2.29. The summed E-state index contributed by atoms with van der Waals surface area (Å²) < 4.78 is 12.1. The maximum atomic E-state index is 12.4. The van der Waals surface area contributed by atoms with E-state index in [0.717, 1.165) is 11.3 Å². The van der Waals surface area contributed by atoms with E-state index >= 15 is 0 Å². The molecule has 8 nitrogen and oxygen atoms in total. The predicted octanol–water partition coefficient (Wildman–Crippen LogP) is 3.56. The number of allylic oxidation sites excluding steroid dienone is 1. The van der Waals surface area contributed by atoms with Crippen LogP contribution in [-0.4, -0.2) is 38.2 Å². The van der Waals surface area contributed by atoms with Crippen LogP contribution in [0.4, 0.5) is 5.82 Å². The minimum Gasteiger partial charge on any atom is -0.497 e. The van der Waals surface area contributed by atoms with Gasteiger partial charge in [0, 0.05) is 18.2 Å². The number of amides is 1. The van der Waals surface area contributed by atoms with E-state index in [1.54, 1.807) is 33.1 Å². The van der Waals surface area contributed by atoms with Crippen LogP contribution in [0.2, 0.25) is 0 Å². The lowest BCUT2D eigenvalue weighted by Crippen LogP contribution is -2.23. The largest absolute Gasteiger partial charge is 0.497 e. The highest BCUT2D eigenvalue weighted by Crippen LogP contribution is 2.28. The molecule has 0 spiro atoms.